The predicted molar refractivity (Wildman–Crippen MR) is 480 cm³/mol. The zero-order valence-electron chi connectivity index (χ0n) is 76.3. The van der Waals surface area contributed by atoms with Gasteiger partial charge in [-0.25, -0.2) is 87.3 Å². The van der Waals surface area contributed by atoms with Gasteiger partial charge in [0.15, 0.2) is 70.9 Å². The highest BCUT2D eigenvalue weighted by atomic mass is 32.7. The number of carbonyl (C=O) groups excluding carboxylic acids is 6. The Morgan fingerprint density at radius 2 is 0.674 bits per heavy atom. The van der Waals surface area contributed by atoms with Gasteiger partial charge in [-0.3, -0.25) is 55.5 Å². The van der Waals surface area contributed by atoms with Gasteiger partial charge in [0.05, 0.1) is 95.2 Å². The lowest BCUT2D eigenvalue weighted by Crippen LogP contribution is -2.53. The molecule has 27 atom stereocenters. The molecule has 60 nitrogen and oxygen atoms in total. The monoisotopic (exact) mass is 2120 g/mol. The minimum Gasteiger partial charge on any atom is -0.432 e. The molecular formula is C75H108N21O39P3S3. The molecular weight excluding hydrogens is 2010 g/mol. The number of hydrogen-bond acceptors (Lipinski definition) is 54. The second-order valence-corrected chi connectivity index (χ2v) is 44.1. The molecule has 6 amide bonds. The molecule has 0 aliphatic carbocycles. The van der Waals surface area contributed by atoms with E-state index < -0.39 is 280 Å². The number of nitrogens with two attached hydrogens (primary N) is 3. The van der Waals surface area contributed by atoms with Crippen molar-refractivity contribution in [1.29, 1.82) is 0 Å². The number of anilines is 3. The molecule has 66 heteroatoms. The van der Waals surface area contributed by atoms with Crippen LogP contribution >= 0.6 is 54.5 Å². The van der Waals surface area contributed by atoms with Crippen molar-refractivity contribution in [1.82, 2.24) is 89.2 Å². The van der Waals surface area contributed by atoms with Crippen LogP contribution in [-0.2, 0) is 112 Å². The van der Waals surface area contributed by atoms with Crippen molar-refractivity contribution in [2.24, 2.45) is 0 Å². The van der Waals surface area contributed by atoms with Crippen molar-refractivity contribution in [2.75, 3.05) is 96.0 Å². The fourth-order valence-corrected chi connectivity index (χ4v) is 23.5. The number of hydrogen-bond donors (Lipinski definition) is 15. The van der Waals surface area contributed by atoms with E-state index in [9.17, 15) is 88.4 Å². The first kappa shape index (κ1) is 109. The SMILES string of the molecule is CO[C@H]1C(OP(=O)(OC[C@H]2O[C@@H](n3cnc4c(N)ncnc43)CC2O)SCOC(=O)OC(C)C)[C@@H](CO)O[C@H]1N1C=CC(O)NC1=O.CO[C@H]1C(O[P@@](=O)(OC[C@H]2O[C@@H](n3cnc4c(N)ncnc43)CC2O)SCOC(=O)OC(C)C)[C@@H](CO)O[C@H]1N1C=CC(O)NC1=O.CO[C@H]1C(O[P@](=O)(OC[C@H]2O[C@@H](n3cnc4c(N)ncnc43)CC2O)SCOC(=O)OC(C)C)[C@@H](CO)O[C@H]1N1C=CC(O)NC1=O. The molecule has 9 aliphatic rings. The van der Waals surface area contributed by atoms with Gasteiger partial charge >= 0.3 is 57.0 Å². The molecule has 141 heavy (non-hydrogen) atoms. The highest BCUT2D eigenvalue weighted by Crippen LogP contribution is 2.66. The lowest BCUT2D eigenvalue weighted by Gasteiger charge is -2.33. The molecule has 15 heterocycles. The molecule has 6 aromatic heterocycles. The summed E-state index contributed by atoms with van der Waals surface area (Å²) >= 11 is 1.46. The van der Waals surface area contributed by atoms with Gasteiger partial charge in [0.25, 0.3) is 0 Å². The summed E-state index contributed by atoms with van der Waals surface area (Å²) in [5.74, 6) is -1.08. The summed E-state index contributed by atoms with van der Waals surface area (Å²) in [6, 6.07) is -2.17. The maximum Gasteiger partial charge on any atom is 0.509 e. The Balaban J connectivity index is 0.000000178. The van der Waals surface area contributed by atoms with Crippen LogP contribution in [0.3, 0.4) is 0 Å². The fourth-order valence-electron chi connectivity index (χ4n) is 15.1. The lowest BCUT2D eigenvalue weighted by molar-refractivity contribution is -0.0752. The molecule has 15 rings (SSSR count). The van der Waals surface area contributed by atoms with E-state index in [4.69, 9.17) is 115 Å². The number of rotatable bonds is 39. The van der Waals surface area contributed by atoms with Crippen LogP contribution in [0.2, 0.25) is 0 Å². The third-order valence-corrected chi connectivity index (χ3v) is 31.7. The zero-order valence-corrected chi connectivity index (χ0v) is 81.4. The van der Waals surface area contributed by atoms with Crippen molar-refractivity contribution in [2.45, 2.75) is 227 Å². The summed E-state index contributed by atoms with van der Waals surface area (Å²) in [5, 5.41) is 98.8. The Morgan fingerprint density at radius 3 is 0.908 bits per heavy atom. The first-order chi connectivity index (χ1) is 67.3. The molecule has 6 fully saturated rings. The van der Waals surface area contributed by atoms with Gasteiger partial charge in [0.2, 0.25) is 0 Å². The summed E-state index contributed by atoms with van der Waals surface area (Å²) in [5.41, 5.74) is 19.8. The average Bonchev–Trinajstić information content (AvgIpc) is 1.64. The molecule has 0 bridgehead atoms. The third-order valence-electron chi connectivity index (χ3n) is 21.6. The number of imidazole rings is 3. The molecule has 10 unspecified atom stereocenters. The van der Waals surface area contributed by atoms with Crippen molar-refractivity contribution in [3.8, 4) is 0 Å². The van der Waals surface area contributed by atoms with Gasteiger partial charge < -0.3 is 150 Å². The molecule has 0 spiro atoms. The fraction of sp³-hybridized carbons (Fsp3) is 0.640. The topological polar surface area (TPSA) is 784 Å². The number of aliphatic hydroxyl groups is 9. The van der Waals surface area contributed by atoms with E-state index in [2.05, 4.69) is 60.8 Å². The number of nitrogen functional groups attached to an aromatic ring is 3. The van der Waals surface area contributed by atoms with Gasteiger partial charge in [-0.05, 0) is 59.8 Å². The maximum atomic E-state index is 14.2. The maximum absolute atomic E-state index is 14.2. The number of aliphatic hydroxyl groups excluding tert-OH is 9. The van der Waals surface area contributed by atoms with E-state index in [0.717, 1.165) is 14.7 Å². The van der Waals surface area contributed by atoms with Crippen LogP contribution in [0.15, 0.2) is 74.8 Å². The average molecular weight is 2120 g/mol. The first-order valence-electron chi connectivity index (χ1n) is 43.0. The van der Waals surface area contributed by atoms with Crippen molar-refractivity contribution in [3.05, 3.63) is 74.8 Å². The number of ether oxygens (including phenoxy) is 15. The van der Waals surface area contributed by atoms with Crippen LogP contribution in [0, 0.1) is 0 Å². The van der Waals surface area contributed by atoms with Crippen molar-refractivity contribution < 1.29 is 187 Å². The Bertz CT molecular complexity index is 5020. The van der Waals surface area contributed by atoms with Crippen LogP contribution in [0.1, 0.15) is 79.5 Å². The largest absolute Gasteiger partial charge is 0.509 e. The smallest absolute Gasteiger partial charge is 0.432 e. The molecule has 0 saturated carbocycles. The van der Waals surface area contributed by atoms with Gasteiger partial charge in [-0.2, -0.15) is 0 Å². The minimum absolute atomic E-state index is 0.0996. The molecule has 6 aromatic rings. The van der Waals surface area contributed by atoms with Gasteiger partial charge in [0.1, 0.15) is 146 Å². The van der Waals surface area contributed by atoms with Gasteiger partial charge in [-0.1, -0.05) is 0 Å². The van der Waals surface area contributed by atoms with Gasteiger partial charge in [-0.15, -0.1) is 0 Å². The number of nitrogens with one attached hydrogen (secondary N) is 3. The Hall–Kier alpha value is -9.33. The summed E-state index contributed by atoms with van der Waals surface area (Å²) in [6.07, 6.45) is -14.7. The number of fused-ring (bicyclic) bond motifs is 3. The summed E-state index contributed by atoms with van der Waals surface area (Å²) in [4.78, 5) is 114. The molecule has 6 saturated heterocycles. The lowest BCUT2D eigenvalue weighted by atomic mass is 10.1. The number of carbonyl (C=O) groups is 6. The highest BCUT2D eigenvalue weighted by Gasteiger charge is 2.57. The Labute approximate surface area is 811 Å². The predicted octanol–water partition coefficient (Wildman–Crippen LogP) is 1.23. The molecule has 9 aliphatic heterocycles. The molecule has 0 aromatic carbocycles. The zero-order chi connectivity index (χ0) is 102. The molecule has 18 N–H and O–H groups in total. The van der Waals surface area contributed by atoms with Crippen LogP contribution in [0.5, 0.6) is 0 Å². The number of aromatic nitrogens is 12. The minimum atomic E-state index is -4.37. The van der Waals surface area contributed by atoms with Crippen LogP contribution in [0.4, 0.5) is 46.2 Å². The van der Waals surface area contributed by atoms with E-state index in [1.54, 1.807) is 55.2 Å². The Kier molecular flexibility index (Phi) is 37.5. The normalized spacial score (nSPS) is 30.5. The number of nitrogens with zero attached hydrogens (tertiary/aromatic N) is 15. The Morgan fingerprint density at radius 1 is 0.411 bits per heavy atom. The number of amides is 6. The summed E-state index contributed by atoms with van der Waals surface area (Å²) in [6.45, 7) is -6.63. The quantitative estimate of drug-likeness (QED) is 0.0112. The van der Waals surface area contributed by atoms with Gasteiger partial charge in [0, 0.05) is 93.3 Å². The van der Waals surface area contributed by atoms with Crippen LogP contribution < -0.4 is 33.2 Å². The van der Waals surface area contributed by atoms with E-state index in [1.807, 2.05) is 0 Å². The highest BCUT2D eigenvalue weighted by molar-refractivity contribution is 8.55. The van der Waals surface area contributed by atoms with Crippen molar-refractivity contribution >= 4 is 142 Å². The molecule has 0 radical (unpaired) electrons. The summed E-state index contributed by atoms with van der Waals surface area (Å²) < 4.78 is 165. The third kappa shape index (κ3) is 26.7. The first-order valence-corrected chi connectivity index (χ1v) is 52.4. The van der Waals surface area contributed by atoms with Crippen molar-refractivity contribution in [3.63, 3.8) is 0 Å². The van der Waals surface area contributed by atoms with E-state index in [0.29, 0.717) is 67.6 Å². The second kappa shape index (κ2) is 48.6. The molecule has 780 valence electrons. The second-order valence-electron chi connectivity index (χ2n) is 32.2. The number of urea groups is 3. The van der Waals surface area contributed by atoms with Crippen LogP contribution in [-0.4, -0.2) is 382 Å². The van der Waals surface area contributed by atoms with E-state index >= 15 is 0 Å². The van der Waals surface area contributed by atoms with Crippen LogP contribution in [0.25, 0.3) is 33.5 Å². The summed E-state index contributed by atoms with van der Waals surface area (Å²) in [7, 11) is 3.88. The number of methoxy groups -OCH3 is 3. The van der Waals surface area contributed by atoms with E-state index in [1.165, 1.54) is 96.1 Å². The van der Waals surface area contributed by atoms with E-state index in [-0.39, 0.29) is 36.7 Å². The standard InChI is InChI=1S/3C25H36N7O13PS/c3*1-12(2)42-25(37)40-11-47-46(38,45-19-14(7-33)44-23(20(19)39-3)31-5-4-16(35)30-24(31)36)41-8-15-13(34)6-17(43-15)32-10-29-18-21(26)27-9-28-22(18)32/h3*4-5,9-10,12-17,19-20,23,33-35H,6-8,11H2,1-3H3,(H,30,36)(H2,26,27,28)/t13?,14-,15-,16?,17-,19?,20+,23-,46?;13?,14-,15-,16?,17-,19?,20+,23-,46+;13?,14-,15-,16?,17-,19?,20+,23-,46-/m111/s1.